The Morgan fingerprint density at radius 2 is 2.14 bits per heavy atom. The molecule has 2 rings (SSSR count). The van der Waals surface area contributed by atoms with Crippen LogP contribution in [0.25, 0.3) is 0 Å². The Hall–Kier alpha value is -1.58. The summed E-state index contributed by atoms with van der Waals surface area (Å²) in [5.74, 6) is 1.51. The van der Waals surface area contributed by atoms with Gasteiger partial charge in [0.15, 0.2) is 11.7 Å². The van der Waals surface area contributed by atoms with Crippen molar-refractivity contribution in [1.82, 2.24) is 25.6 Å². The van der Waals surface area contributed by atoms with E-state index in [-0.39, 0.29) is 24.0 Å². The SMILES string of the molecule is CCc1cc(CNC(=NC)NCc2ccnn2C)on1.I. The summed E-state index contributed by atoms with van der Waals surface area (Å²) in [5, 5.41) is 14.5. The molecule has 0 saturated heterocycles. The van der Waals surface area contributed by atoms with Crippen molar-refractivity contribution < 1.29 is 4.52 Å². The first-order chi connectivity index (χ1) is 9.72. The maximum absolute atomic E-state index is 5.21. The number of halogens is 1. The third-order valence-electron chi connectivity index (χ3n) is 2.98. The van der Waals surface area contributed by atoms with Crippen LogP contribution in [-0.2, 0) is 26.6 Å². The van der Waals surface area contributed by atoms with E-state index in [1.54, 1.807) is 13.2 Å². The molecule has 0 unspecified atom stereocenters. The van der Waals surface area contributed by atoms with Gasteiger partial charge in [0.25, 0.3) is 0 Å². The Labute approximate surface area is 141 Å². The van der Waals surface area contributed by atoms with E-state index in [4.69, 9.17) is 4.52 Å². The van der Waals surface area contributed by atoms with E-state index in [9.17, 15) is 0 Å². The first kappa shape index (κ1) is 17.5. The van der Waals surface area contributed by atoms with Gasteiger partial charge in [-0.05, 0) is 12.5 Å². The summed E-state index contributed by atoms with van der Waals surface area (Å²) in [6.45, 7) is 3.26. The molecule has 2 N–H and O–H groups in total. The molecule has 0 radical (unpaired) electrons. The minimum Gasteiger partial charge on any atom is -0.359 e. The van der Waals surface area contributed by atoms with E-state index in [0.717, 1.165) is 23.6 Å². The molecule has 0 saturated carbocycles. The van der Waals surface area contributed by atoms with Crippen molar-refractivity contribution in [1.29, 1.82) is 0 Å². The normalized spacial score (nSPS) is 11.1. The Bertz CT molecular complexity index is 577. The molecule has 0 spiro atoms. The van der Waals surface area contributed by atoms with E-state index in [1.807, 2.05) is 30.8 Å². The molecule has 21 heavy (non-hydrogen) atoms. The van der Waals surface area contributed by atoms with E-state index >= 15 is 0 Å². The first-order valence-corrected chi connectivity index (χ1v) is 6.58. The molecule has 2 aromatic heterocycles. The number of aromatic nitrogens is 3. The summed E-state index contributed by atoms with van der Waals surface area (Å²) in [5.41, 5.74) is 2.04. The number of aryl methyl sites for hydroxylation is 2. The lowest BCUT2D eigenvalue weighted by Crippen LogP contribution is -2.36. The number of nitrogens with one attached hydrogen (secondary N) is 2. The van der Waals surface area contributed by atoms with Gasteiger partial charge in [-0.25, -0.2) is 0 Å². The van der Waals surface area contributed by atoms with Gasteiger partial charge in [-0.2, -0.15) is 5.10 Å². The number of rotatable bonds is 5. The number of guanidine groups is 1. The molecule has 2 aromatic rings. The van der Waals surface area contributed by atoms with Crippen LogP contribution in [0.15, 0.2) is 27.8 Å². The predicted octanol–water partition coefficient (Wildman–Crippen LogP) is 1.45. The Balaban J connectivity index is 0.00000220. The van der Waals surface area contributed by atoms with Crippen molar-refractivity contribution in [2.75, 3.05) is 7.05 Å². The molecular weight excluding hydrogens is 383 g/mol. The van der Waals surface area contributed by atoms with Crippen molar-refractivity contribution in [3.8, 4) is 0 Å². The molecule has 0 aliphatic heterocycles. The average Bonchev–Trinajstić information content (AvgIpc) is 3.08. The fraction of sp³-hybridized carbons (Fsp3) is 0.462. The molecule has 0 bridgehead atoms. The van der Waals surface area contributed by atoms with Crippen LogP contribution in [0.5, 0.6) is 0 Å². The third kappa shape index (κ3) is 5.03. The van der Waals surface area contributed by atoms with Gasteiger partial charge in [0.05, 0.1) is 24.5 Å². The fourth-order valence-corrected chi connectivity index (χ4v) is 1.75. The predicted molar refractivity (Wildman–Crippen MR) is 91.5 cm³/mol. The minimum absolute atomic E-state index is 0. The van der Waals surface area contributed by atoms with Crippen LogP contribution >= 0.6 is 24.0 Å². The molecule has 116 valence electrons. The summed E-state index contributed by atoms with van der Waals surface area (Å²) in [6.07, 6.45) is 2.64. The monoisotopic (exact) mass is 404 g/mol. The lowest BCUT2D eigenvalue weighted by atomic mass is 10.3. The standard InChI is InChI=1S/C13H20N6O.HI/c1-4-10-7-12(20-18-10)9-16-13(14-2)15-8-11-5-6-17-19(11)3;/h5-7H,4,8-9H2,1-3H3,(H2,14,15,16);1H. The summed E-state index contributed by atoms with van der Waals surface area (Å²) >= 11 is 0. The Kier molecular flexibility index (Phi) is 7.20. The highest BCUT2D eigenvalue weighted by molar-refractivity contribution is 14.0. The number of hydrogen-bond donors (Lipinski definition) is 2. The quantitative estimate of drug-likeness (QED) is 0.448. The van der Waals surface area contributed by atoms with Gasteiger partial charge in [0.1, 0.15) is 0 Å². The van der Waals surface area contributed by atoms with Crippen LogP contribution in [0.3, 0.4) is 0 Å². The van der Waals surface area contributed by atoms with Gasteiger partial charge in [0.2, 0.25) is 0 Å². The zero-order valence-electron chi connectivity index (χ0n) is 12.5. The van der Waals surface area contributed by atoms with Crippen molar-refractivity contribution in [3.63, 3.8) is 0 Å². The summed E-state index contributed by atoms with van der Waals surface area (Å²) in [7, 11) is 3.64. The molecule has 0 aliphatic rings. The second-order valence-corrected chi connectivity index (χ2v) is 4.36. The number of hydrogen-bond acceptors (Lipinski definition) is 4. The Morgan fingerprint density at radius 3 is 2.71 bits per heavy atom. The van der Waals surface area contributed by atoms with Gasteiger partial charge in [-0.15, -0.1) is 24.0 Å². The topological polar surface area (TPSA) is 80.3 Å². The van der Waals surface area contributed by atoms with Gasteiger partial charge in [0, 0.05) is 26.4 Å². The van der Waals surface area contributed by atoms with Crippen LogP contribution in [0.2, 0.25) is 0 Å². The van der Waals surface area contributed by atoms with Crippen molar-refractivity contribution in [2.45, 2.75) is 26.4 Å². The summed E-state index contributed by atoms with van der Waals surface area (Å²) in [4.78, 5) is 4.16. The van der Waals surface area contributed by atoms with Gasteiger partial charge < -0.3 is 15.2 Å². The zero-order chi connectivity index (χ0) is 14.4. The molecule has 0 fully saturated rings. The second-order valence-electron chi connectivity index (χ2n) is 4.36. The summed E-state index contributed by atoms with van der Waals surface area (Å²) < 4.78 is 7.03. The van der Waals surface area contributed by atoms with Crippen LogP contribution < -0.4 is 10.6 Å². The van der Waals surface area contributed by atoms with Gasteiger partial charge in [-0.3, -0.25) is 9.67 Å². The number of nitrogens with zero attached hydrogens (tertiary/aromatic N) is 4. The van der Waals surface area contributed by atoms with Gasteiger partial charge >= 0.3 is 0 Å². The average molecular weight is 404 g/mol. The molecule has 7 nitrogen and oxygen atoms in total. The van der Waals surface area contributed by atoms with E-state index < -0.39 is 0 Å². The molecule has 0 aliphatic carbocycles. The highest BCUT2D eigenvalue weighted by atomic mass is 127. The van der Waals surface area contributed by atoms with Crippen molar-refractivity contribution in [2.24, 2.45) is 12.0 Å². The molecule has 0 atom stereocenters. The molecule has 0 amide bonds. The lowest BCUT2D eigenvalue weighted by Gasteiger charge is -2.10. The molecule has 8 heteroatoms. The molecule has 2 heterocycles. The van der Waals surface area contributed by atoms with Crippen LogP contribution in [0.1, 0.15) is 24.1 Å². The van der Waals surface area contributed by atoms with Crippen LogP contribution in [-0.4, -0.2) is 27.9 Å². The van der Waals surface area contributed by atoms with Crippen LogP contribution in [0.4, 0.5) is 0 Å². The maximum Gasteiger partial charge on any atom is 0.191 e. The van der Waals surface area contributed by atoms with E-state index in [2.05, 4.69) is 25.9 Å². The summed E-state index contributed by atoms with van der Waals surface area (Å²) in [6, 6.07) is 3.91. The minimum atomic E-state index is 0. The number of aliphatic imine (C=N–C) groups is 1. The fourth-order valence-electron chi connectivity index (χ4n) is 1.75. The smallest absolute Gasteiger partial charge is 0.191 e. The lowest BCUT2D eigenvalue weighted by molar-refractivity contribution is 0.374. The molecular formula is C13H21IN6O. The van der Waals surface area contributed by atoms with E-state index in [1.165, 1.54) is 0 Å². The van der Waals surface area contributed by atoms with Crippen molar-refractivity contribution in [3.05, 3.63) is 35.5 Å². The first-order valence-electron chi connectivity index (χ1n) is 6.58. The van der Waals surface area contributed by atoms with Crippen LogP contribution in [0, 0.1) is 0 Å². The van der Waals surface area contributed by atoms with E-state index in [0.29, 0.717) is 19.0 Å². The second kappa shape index (κ2) is 8.65. The molecule has 0 aromatic carbocycles. The van der Waals surface area contributed by atoms with Crippen molar-refractivity contribution >= 4 is 29.9 Å². The Morgan fingerprint density at radius 1 is 1.38 bits per heavy atom. The van der Waals surface area contributed by atoms with Gasteiger partial charge in [-0.1, -0.05) is 12.1 Å². The largest absolute Gasteiger partial charge is 0.359 e. The maximum atomic E-state index is 5.21. The zero-order valence-corrected chi connectivity index (χ0v) is 14.8. The third-order valence-corrected chi connectivity index (χ3v) is 2.98. The highest BCUT2D eigenvalue weighted by Crippen LogP contribution is 2.03. The highest BCUT2D eigenvalue weighted by Gasteiger charge is 2.05.